The van der Waals surface area contributed by atoms with Crippen molar-refractivity contribution in [2.24, 2.45) is 0 Å². The number of rotatable bonds is 7. The van der Waals surface area contributed by atoms with Gasteiger partial charge in [-0.2, -0.15) is 0 Å². The van der Waals surface area contributed by atoms with Gasteiger partial charge in [-0.25, -0.2) is 4.39 Å². The predicted molar refractivity (Wildman–Crippen MR) is 114 cm³/mol. The Kier molecular flexibility index (Phi) is 6.06. The number of hydrogen-bond acceptors (Lipinski definition) is 3. The molecule has 0 aliphatic heterocycles. The second-order valence-electron chi connectivity index (χ2n) is 8.67. The number of carbonyl (C=O) groups is 3. The zero-order valence-corrected chi connectivity index (χ0v) is 17.8. The summed E-state index contributed by atoms with van der Waals surface area (Å²) in [6.45, 7) is 6.75. The molecule has 0 spiro atoms. The van der Waals surface area contributed by atoms with Gasteiger partial charge in [0, 0.05) is 29.1 Å². The molecule has 2 N–H and O–H groups in total. The Labute approximate surface area is 176 Å². The van der Waals surface area contributed by atoms with Crippen molar-refractivity contribution in [3.05, 3.63) is 58.9 Å². The summed E-state index contributed by atoms with van der Waals surface area (Å²) < 4.78 is 14.5. The molecule has 30 heavy (non-hydrogen) atoms. The third-order valence-corrected chi connectivity index (χ3v) is 5.12. The van der Waals surface area contributed by atoms with E-state index in [1.807, 2.05) is 0 Å². The molecule has 158 valence electrons. The fourth-order valence-corrected chi connectivity index (χ4v) is 3.45. The number of halogens is 1. The van der Waals surface area contributed by atoms with E-state index in [0.29, 0.717) is 22.3 Å². The van der Waals surface area contributed by atoms with Crippen molar-refractivity contribution in [1.82, 2.24) is 10.6 Å². The summed E-state index contributed by atoms with van der Waals surface area (Å²) in [6, 6.07) is 9.91. The molecule has 0 unspecified atom stereocenters. The van der Waals surface area contributed by atoms with Gasteiger partial charge in [0.25, 0.3) is 11.8 Å². The molecule has 0 heterocycles. The van der Waals surface area contributed by atoms with Crippen LogP contribution in [0.15, 0.2) is 36.4 Å². The predicted octanol–water partition coefficient (Wildman–Crippen LogP) is 4.18. The Morgan fingerprint density at radius 1 is 1.03 bits per heavy atom. The summed E-state index contributed by atoms with van der Waals surface area (Å²) >= 11 is 0. The summed E-state index contributed by atoms with van der Waals surface area (Å²) in [7, 11) is 0. The largest absolute Gasteiger partial charge is 0.349 e. The van der Waals surface area contributed by atoms with Gasteiger partial charge < -0.3 is 10.6 Å². The molecule has 1 aliphatic carbocycles. The van der Waals surface area contributed by atoms with E-state index in [-0.39, 0.29) is 35.6 Å². The van der Waals surface area contributed by atoms with Crippen molar-refractivity contribution in [2.45, 2.75) is 58.5 Å². The van der Waals surface area contributed by atoms with E-state index >= 15 is 0 Å². The third kappa shape index (κ3) is 5.32. The maximum atomic E-state index is 14.5. The van der Waals surface area contributed by atoms with E-state index in [0.717, 1.165) is 12.8 Å². The summed E-state index contributed by atoms with van der Waals surface area (Å²) in [5.41, 5.74) is 1.85. The van der Waals surface area contributed by atoms with Crippen molar-refractivity contribution in [3.63, 3.8) is 0 Å². The van der Waals surface area contributed by atoms with E-state index in [9.17, 15) is 18.8 Å². The van der Waals surface area contributed by atoms with E-state index in [1.165, 1.54) is 13.0 Å². The van der Waals surface area contributed by atoms with Crippen molar-refractivity contribution in [3.8, 4) is 11.1 Å². The normalized spacial score (nSPS) is 13.6. The molecule has 2 amide bonds. The number of carbonyl (C=O) groups excluding carboxylic acids is 3. The average molecular weight is 410 g/mol. The highest BCUT2D eigenvalue weighted by molar-refractivity contribution is 5.97. The molecule has 2 aromatic carbocycles. The van der Waals surface area contributed by atoms with Crippen LogP contribution in [-0.4, -0.2) is 29.2 Å². The molecule has 0 atom stereocenters. The van der Waals surface area contributed by atoms with Crippen LogP contribution in [0.3, 0.4) is 0 Å². The monoisotopic (exact) mass is 410 g/mol. The molecule has 5 nitrogen and oxygen atoms in total. The van der Waals surface area contributed by atoms with Crippen LogP contribution in [0.25, 0.3) is 11.1 Å². The van der Waals surface area contributed by atoms with Gasteiger partial charge in [0.05, 0.1) is 0 Å². The van der Waals surface area contributed by atoms with E-state index in [2.05, 4.69) is 10.6 Å². The first kappa shape index (κ1) is 21.7. The van der Waals surface area contributed by atoms with Crippen LogP contribution in [-0.2, 0) is 4.79 Å². The first-order valence-corrected chi connectivity index (χ1v) is 10.1. The summed E-state index contributed by atoms with van der Waals surface area (Å²) in [6.07, 6.45) is 2.16. The van der Waals surface area contributed by atoms with Gasteiger partial charge >= 0.3 is 0 Å². The zero-order chi connectivity index (χ0) is 22.1. The van der Waals surface area contributed by atoms with Gasteiger partial charge in [-0.05, 0) is 81.5 Å². The Morgan fingerprint density at radius 3 is 2.23 bits per heavy atom. The highest BCUT2D eigenvalue weighted by Gasteiger charge is 2.25. The minimum atomic E-state index is -0.648. The lowest BCUT2D eigenvalue weighted by atomic mass is 9.95. The van der Waals surface area contributed by atoms with E-state index in [4.69, 9.17) is 0 Å². The molecule has 1 aliphatic rings. The van der Waals surface area contributed by atoms with E-state index < -0.39 is 11.4 Å². The summed E-state index contributed by atoms with van der Waals surface area (Å²) in [5, 5.41) is 5.73. The lowest BCUT2D eigenvalue weighted by molar-refractivity contribution is -0.118. The van der Waals surface area contributed by atoms with Gasteiger partial charge in [0.15, 0.2) is 0 Å². The Bertz CT molecular complexity index is 992. The molecular formula is C24H27FN2O3. The number of benzene rings is 2. The fraction of sp³-hybridized carbons (Fsp3) is 0.375. The molecule has 2 aromatic rings. The topological polar surface area (TPSA) is 75.3 Å². The van der Waals surface area contributed by atoms with Gasteiger partial charge in [-0.3, -0.25) is 14.4 Å². The lowest BCUT2D eigenvalue weighted by Crippen LogP contribution is -2.44. The minimum Gasteiger partial charge on any atom is -0.349 e. The first-order valence-electron chi connectivity index (χ1n) is 10.1. The van der Waals surface area contributed by atoms with E-state index in [1.54, 1.807) is 51.1 Å². The van der Waals surface area contributed by atoms with Crippen molar-refractivity contribution in [2.75, 3.05) is 0 Å². The molecule has 6 heteroatoms. The fourth-order valence-electron chi connectivity index (χ4n) is 3.45. The number of ketones is 1. The second-order valence-corrected chi connectivity index (χ2v) is 8.67. The molecule has 0 radical (unpaired) electrons. The van der Waals surface area contributed by atoms with Crippen LogP contribution in [0.4, 0.5) is 4.39 Å². The number of amides is 2. The quantitative estimate of drug-likeness (QED) is 0.719. The first-order chi connectivity index (χ1) is 14.1. The van der Waals surface area contributed by atoms with Crippen LogP contribution in [0.2, 0.25) is 0 Å². The van der Waals surface area contributed by atoms with Gasteiger partial charge in [-0.15, -0.1) is 0 Å². The van der Waals surface area contributed by atoms with Crippen molar-refractivity contribution >= 4 is 17.6 Å². The lowest BCUT2D eigenvalue weighted by Gasteiger charge is -2.25. The Balaban J connectivity index is 1.81. The molecule has 1 saturated carbocycles. The maximum absolute atomic E-state index is 14.5. The Hall–Kier alpha value is -3.02. The average Bonchev–Trinajstić information content (AvgIpc) is 3.46. The maximum Gasteiger partial charge on any atom is 0.251 e. The molecule has 3 rings (SSSR count). The van der Waals surface area contributed by atoms with Crippen LogP contribution < -0.4 is 10.6 Å². The molecule has 0 aromatic heterocycles. The minimum absolute atomic E-state index is 0.00115. The van der Waals surface area contributed by atoms with Crippen LogP contribution in [0.5, 0.6) is 0 Å². The highest BCUT2D eigenvalue weighted by Crippen LogP contribution is 2.28. The molecule has 0 bridgehead atoms. The summed E-state index contributed by atoms with van der Waals surface area (Å²) in [4.78, 5) is 36.2. The van der Waals surface area contributed by atoms with Gasteiger partial charge in [0.2, 0.25) is 0 Å². The number of hydrogen-bond donors (Lipinski definition) is 2. The van der Waals surface area contributed by atoms with Crippen molar-refractivity contribution < 1.29 is 18.8 Å². The number of Topliss-reactive ketones (excluding diaryl/α,β-unsaturated/α-hetero) is 1. The van der Waals surface area contributed by atoms with Gasteiger partial charge in [0.1, 0.15) is 11.6 Å². The van der Waals surface area contributed by atoms with Crippen LogP contribution >= 0.6 is 0 Å². The second kappa shape index (κ2) is 8.38. The molecule has 0 saturated heterocycles. The smallest absolute Gasteiger partial charge is 0.251 e. The SMILES string of the molecule is CC(=O)CC(C)(C)NC(=O)c1ccc(-c2cc(C(=O)NC3CC3)cc(F)c2C)cc1. The van der Waals surface area contributed by atoms with Gasteiger partial charge in [-0.1, -0.05) is 12.1 Å². The summed E-state index contributed by atoms with van der Waals surface area (Å²) in [5.74, 6) is -1.00. The van der Waals surface area contributed by atoms with Crippen LogP contribution in [0, 0.1) is 12.7 Å². The van der Waals surface area contributed by atoms with Crippen molar-refractivity contribution in [1.29, 1.82) is 0 Å². The Morgan fingerprint density at radius 2 is 1.67 bits per heavy atom. The van der Waals surface area contributed by atoms with Crippen LogP contribution in [0.1, 0.15) is 66.3 Å². The highest BCUT2D eigenvalue weighted by atomic mass is 19.1. The zero-order valence-electron chi connectivity index (χ0n) is 17.8. The molecule has 1 fully saturated rings. The standard InChI is InChI=1S/C24H27FN2O3/c1-14(28)13-24(3,4)27-23(30)17-7-5-16(6-8-17)20-11-18(12-21(25)15(20)2)22(29)26-19-9-10-19/h5-8,11-12,19H,9-10,13H2,1-4H3,(H,26,29)(H,27,30). The third-order valence-electron chi connectivity index (χ3n) is 5.12. The molecular weight excluding hydrogens is 383 g/mol. The number of nitrogens with one attached hydrogen (secondary N) is 2.